The molecule has 0 radical (unpaired) electrons. The van der Waals surface area contributed by atoms with Crippen LogP contribution >= 0.6 is 0 Å². The normalized spacial score (nSPS) is 24.8. The standard InChI is InChI=1S/C19H31NO/c1-6-9-20-17-7-8-19(4,5)13-18(17)21-16-11-14(2)10-15(3)12-16/h10-12,17-18,20H,6-9,13H2,1-5H3. The molecule has 118 valence electrons. The molecule has 1 aromatic carbocycles. The Balaban J connectivity index is 2.11. The van der Waals surface area contributed by atoms with Gasteiger partial charge < -0.3 is 10.1 Å². The van der Waals surface area contributed by atoms with E-state index < -0.39 is 0 Å². The van der Waals surface area contributed by atoms with Crippen LogP contribution in [-0.4, -0.2) is 18.7 Å². The van der Waals surface area contributed by atoms with E-state index >= 15 is 0 Å². The van der Waals surface area contributed by atoms with Crippen molar-refractivity contribution in [2.24, 2.45) is 5.41 Å². The minimum atomic E-state index is 0.279. The SMILES string of the molecule is CCCNC1CCC(C)(C)CC1Oc1cc(C)cc(C)c1. The monoisotopic (exact) mass is 289 g/mol. The number of benzene rings is 1. The van der Waals surface area contributed by atoms with Crippen LogP contribution < -0.4 is 10.1 Å². The van der Waals surface area contributed by atoms with E-state index in [2.05, 4.69) is 58.1 Å². The molecule has 1 fully saturated rings. The molecule has 21 heavy (non-hydrogen) atoms. The lowest BCUT2D eigenvalue weighted by atomic mass is 9.74. The van der Waals surface area contributed by atoms with Crippen LogP contribution in [0.4, 0.5) is 0 Å². The Bertz CT molecular complexity index is 446. The number of hydrogen-bond acceptors (Lipinski definition) is 2. The second-order valence-electron chi connectivity index (χ2n) is 7.45. The zero-order chi connectivity index (χ0) is 15.5. The molecular weight excluding hydrogens is 258 g/mol. The number of ether oxygens (including phenoxy) is 1. The second kappa shape index (κ2) is 6.83. The summed E-state index contributed by atoms with van der Waals surface area (Å²) < 4.78 is 6.40. The number of rotatable bonds is 5. The molecule has 2 unspecified atom stereocenters. The summed E-state index contributed by atoms with van der Waals surface area (Å²) in [4.78, 5) is 0. The van der Waals surface area contributed by atoms with Gasteiger partial charge in [0.25, 0.3) is 0 Å². The van der Waals surface area contributed by atoms with Gasteiger partial charge in [-0.2, -0.15) is 0 Å². The number of nitrogens with one attached hydrogen (secondary N) is 1. The van der Waals surface area contributed by atoms with Crippen LogP contribution in [0.3, 0.4) is 0 Å². The Morgan fingerprint density at radius 3 is 2.48 bits per heavy atom. The topological polar surface area (TPSA) is 21.3 Å². The maximum atomic E-state index is 6.40. The van der Waals surface area contributed by atoms with Gasteiger partial charge in [-0.1, -0.05) is 26.8 Å². The first-order chi connectivity index (χ1) is 9.89. The zero-order valence-electron chi connectivity index (χ0n) is 14.3. The Hall–Kier alpha value is -1.02. The fourth-order valence-electron chi connectivity index (χ4n) is 3.38. The van der Waals surface area contributed by atoms with Crippen LogP contribution in [0.25, 0.3) is 0 Å². The van der Waals surface area contributed by atoms with Gasteiger partial charge in [0, 0.05) is 6.04 Å². The van der Waals surface area contributed by atoms with Crippen molar-refractivity contribution in [1.82, 2.24) is 5.32 Å². The molecule has 2 rings (SSSR count). The van der Waals surface area contributed by atoms with Crippen LogP contribution in [0.5, 0.6) is 5.75 Å². The lowest BCUT2D eigenvalue weighted by molar-refractivity contribution is 0.0530. The Morgan fingerprint density at radius 2 is 1.86 bits per heavy atom. The number of aryl methyl sites for hydroxylation is 2. The third kappa shape index (κ3) is 4.74. The first-order valence-electron chi connectivity index (χ1n) is 8.38. The second-order valence-corrected chi connectivity index (χ2v) is 7.45. The first-order valence-corrected chi connectivity index (χ1v) is 8.38. The van der Waals surface area contributed by atoms with Crippen LogP contribution in [0.1, 0.15) is 57.6 Å². The summed E-state index contributed by atoms with van der Waals surface area (Å²) in [5, 5.41) is 3.68. The van der Waals surface area contributed by atoms with Crippen molar-refractivity contribution >= 4 is 0 Å². The van der Waals surface area contributed by atoms with Gasteiger partial charge in [-0.3, -0.25) is 0 Å². The summed E-state index contributed by atoms with van der Waals surface area (Å²) in [5.41, 5.74) is 2.93. The van der Waals surface area contributed by atoms with E-state index in [1.54, 1.807) is 0 Å². The minimum Gasteiger partial charge on any atom is -0.489 e. The molecule has 1 N–H and O–H groups in total. The molecule has 2 atom stereocenters. The van der Waals surface area contributed by atoms with Crippen LogP contribution in [0, 0.1) is 19.3 Å². The van der Waals surface area contributed by atoms with E-state index in [1.807, 2.05) is 0 Å². The van der Waals surface area contributed by atoms with Gasteiger partial charge in [0.2, 0.25) is 0 Å². The molecule has 0 amide bonds. The predicted octanol–water partition coefficient (Wildman–Crippen LogP) is 4.63. The molecule has 0 aliphatic heterocycles. The van der Waals surface area contributed by atoms with Crippen LogP contribution in [-0.2, 0) is 0 Å². The molecule has 0 aromatic heterocycles. The van der Waals surface area contributed by atoms with Gasteiger partial charge in [0.05, 0.1) is 0 Å². The summed E-state index contributed by atoms with van der Waals surface area (Å²) in [6.07, 6.45) is 5.07. The van der Waals surface area contributed by atoms with E-state index in [0.717, 1.165) is 18.7 Å². The van der Waals surface area contributed by atoms with Gasteiger partial charge in [-0.15, -0.1) is 0 Å². The smallest absolute Gasteiger partial charge is 0.120 e. The van der Waals surface area contributed by atoms with Gasteiger partial charge in [-0.25, -0.2) is 0 Å². The molecule has 0 saturated heterocycles. The quantitative estimate of drug-likeness (QED) is 0.853. The molecule has 2 heteroatoms. The molecule has 0 bridgehead atoms. The maximum absolute atomic E-state index is 6.40. The zero-order valence-corrected chi connectivity index (χ0v) is 14.3. The lowest BCUT2D eigenvalue weighted by Gasteiger charge is -2.41. The largest absolute Gasteiger partial charge is 0.489 e. The van der Waals surface area contributed by atoms with E-state index in [0.29, 0.717) is 11.5 Å². The van der Waals surface area contributed by atoms with Gasteiger partial charge in [0.1, 0.15) is 11.9 Å². The van der Waals surface area contributed by atoms with Crippen molar-refractivity contribution in [3.8, 4) is 5.75 Å². The Labute approximate surface area is 130 Å². The summed E-state index contributed by atoms with van der Waals surface area (Å²) in [7, 11) is 0. The summed E-state index contributed by atoms with van der Waals surface area (Å²) >= 11 is 0. The van der Waals surface area contributed by atoms with Gasteiger partial charge in [0.15, 0.2) is 0 Å². The van der Waals surface area contributed by atoms with E-state index in [-0.39, 0.29) is 6.10 Å². The van der Waals surface area contributed by atoms with Crippen LogP contribution in [0.2, 0.25) is 0 Å². The Kier molecular flexibility index (Phi) is 5.32. The van der Waals surface area contributed by atoms with E-state index in [9.17, 15) is 0 Å². The molecule has 2 nitrogen and oxygen atoms in total. The highest BCUT2D eigenvalue weighted by Gasteiger charge is 2.36. The average molecular weight is 289 g/mol. The minimum absolute atomic E-state index is 0.279. The van der Waals surface area contributed by atoms with Crippen molar-refractivity contribution < 1.29 is 4.74 Å². The molecular formula is C19H31NO. The molecule has 1 aromatic rings. The van der Waals surface area contributed by atoms with Gasteiger partial charge >= 0.3 is 0 Å². The van der Waals surface area contributed by atoms with Crippen molar-refractivity contribution in [3.05, 3.63) is 29.3 Å². The Morgan fingerprint density at radius 1 is 1.19 bits per heavy atom. The summed E-state index contributed by atoms with van der Waals surface area (Å²) in [6.45, 7) is 12.3. The molecule has 1 saturated carbocycles. The maximum Gasteiger partial charge on any atom is 0.120 e. The van der Waals surface area contributed by atoms with Crippen molar-refractivity contribution in [3.63, 3.8) is 0 Å². The highest BCUT2D eigenvalue weighted by atomic mass is 16.5. The van der Waals surface area contributed by atoms with E-state index in [4.69, 9.17) is 4.74 Å². The van der Waals surface area contributed by atoms with E-state index in [1.165, 1.54) is 30.4 Å². The summed E-state index contributed by atoms with van der Waals surface area (Å²) in [6, 6.07) is 7.00. The number of hydrogen-bond donors (Lipinski definition) is 1. The van der Waals surface area contributed by atoms with Crippen molar-refractivity contribution in [2.45, 2.75) is 72.4 Å². The molecule has 1 aliphatic carbocycles. The fraction of sp³-hybridized carbons (Fsp3) is 0.684. The average Bonchev–Trinajstić information content (AvgIpc) is 2.36. The lowest BCUT2D eigenvalue weighted by Crippen LogP contribution is -2.49. The van der Waals surface area contributed by atoms with Crippen LogP contribution in [0.15, 0.2) is 18.2 Å². The van der Waals surface area contributed by atoms with Crippen molar-refractivity contribution in [1.29, 1.82) is 0 Å². The highest BCUT2D eigenvalue weighted by molar-refractivity contribution is 5.33. The third-order valence-corrected chi connectivity index (χ3v) is 4.47. The first kappa shape index (κ1) is 16.4. The third-order valence-electron chi connectivity index (χ3n) is 4.47. The van der Waals surface area contributed by atoms with Gasteiger partial charge in [-0.05, 0) is 74.8 Å². The van der Waals surface area contributed by atoms with Crippen molar-refractivity contribution in [2.75, 3.05) is 6.54 Å². The fourth-order valence-corrected chi connectivity index (χ4v) is 3.38. The molecule has 0 heterocycles. The molecule has 1 aliphatic rings. The molecule has 0 spiro atoms. The highest BCUT2D eigenvalue weighted by Crippen LogP contribution is 2.37. The summed E-state index contributed by atoms with van der Waals surface area (Å²) in [5.74, 6) is 1.03. The predicted molar refractivity (Wildman–Crippen MR) is 90.0 cm³/mol.